The Bertz CT molecular complexity index is 733. The number of hydrogen-bond acceptors (Lipinski definition) is 4. The van der Waals surface area contributed by atoms with Crippen LogP contribution in [0, 0.1) is 6.92 Å². The van der Waals surface area contributed by atoms with Crippen molar-refractivity contribution in [2.45, 2.75) is 19.9 Å². The second-order valence-electron chi connectivity index (χ2n) is 6.79. The monoisotopic (exact) mass is 389 g/mol. The third-order valence-corrected chi connectivity index (χ3v) is 4.23. The molecule has 2 N–H and O–H groups in total. The minimum absolute atomic E-state index is 0.0524. The molecule has 0 unspecified atom stereocenters. The van der Waals surface area contributed by atoms with Crippen molar-refractivity contribution in [2.24, 2.45) is 0 Å². The Labute approximate surface area is 166 Å². The zero-order valence-electron chi connectivity index (χ0n) is 16.2. The Hall–Kier alpha value is -2.08. The lowest BCUT2D eigenvalue weighted by Gasteiger charge is -2.14. The second kappa shape index (κ2) is 10.9. The van der Waals surface area contributed by atoms with Crippen LogP contribution in [-0.4, -0.2) is 44.6 Å². The molecule has 0 aromatic heterocycles. The molecule has 1 amide bonds. The summed E-state index contributed by atoms with van der Waals surface area (Å²) in [5.41, 5.74) is 2.84. The predicted octanol–water partition coefficient (Wildman–Crippen LogP) is 3.71. The number of halogens is 1. The van der Waals surface area contributed by atoms with E-state index in [2.05, 4.69) is 29.6 Å². The fourth-order valence-corrected chi connectivity index (χ4v) is 2.74. The Balaban J connectivity index is 1.85. The first-order valence-electron chi connectivity index (χ1n) is 9.07. The van der Waals surface area contributed by atoms with E-state index in [4.69, 9.17) is 16.3 Å². The Kier molecular flexibility index (Phi) is 8.58. The van der Waals surface area contributed by atoms with Crippen LogP contribution in [0.3, 0.4) is 0 Å². The molecule has 0 saturated heterocycles. The number of benzene rings is 2. The largest absolute Gasteiger partial charge is 0.483 e. The average molecular weight is 390 g/mol. The quantitative estimate of drug-likeness (QED) is 0.608. The number of hydrogen-bond donors (Lipinski definition) is 2. The van der Waals surface area contributed by atoms with Crippen LogP contribution in [-0.2, 0) is 11.3 Å². The number of aryl methyl sites for hydroxylation is 1. The molecule has 0 aliphatic carbocycles. The minimum atomic E-state index is -0.196. The number of carbonyl (C=O) groups excluding carboxylic acids is 1. The third-order valence-electron chi connectivity index (χ3n) is 3.99. The molecular weight excluding hydrogens is 362 g/mol. The summed E-state index contributed by atoms with van der Waals surface area (Å²) in [5, 5.41) is 6.87. The molecular formula is C21H28ClN3O2. The summed E-state index contributed by atoms with van der Waals surface area (Å²) in [4.78, 5) is 14.3. The zero-order chi connectivity index (χ0) is 19.6. The van der Waals surface area contributed by atoms with Gasteiger partial charge in [0.25, 0.3) is 5.91 Å². The lowest BCUT2D eigenvalue weighted by atomic mass is 10.2. The van der Waals surface area contributed by atoms with E-state index in [1.165, 1.54) is 0 Å². The number of anilines is 1. The molecule has 0 radical (unpaired) electrons. The molecule has 0 aliphatic heterocycles. The third kappa shape index (κ3) is 7.99. The number of ether oxygens (including phenoxy) is 1. The number of carbonyl (C=O) groups is 1. The van der Waals surface area contributed by atoms with Gasteiger partial charge in [0.05, 0.1) is 0 Å². The van der Waals surface area contributed by atoms with Gasteiger partial charge in [0.15, 0.2) is 6.61 Å². The van der Waals surface area contributed by atoms with E-state index < -0.39 is 0 Å². The van der Waals surface area contributed by atoms with E-state index in [-0.39, 0.29) is 12.5 Å². The van der Waals surface area contributed by atoms with Gasteiger partial charge in [-0.05, 0) is 70.9 Å². The van der Waals surface area contributed by atoms with Gasteiger partial charge in [0.1, 0.15) is 5.75 Å². The topological polar surface area (TPSA) is 53.6 Å². The van der Waals surface area contributed by atoms with Crippen LogP contribution in [0.2, 0.25) is 5.02 Å². The molecule has 2 aromatic rings. The molecule has 2 aromatic carbocycles. The lowest BCUT2D eigenvalue weighted by molar-refractivity contribution is -0.118. The summed E-state index contributed by atoms with van der Waals surface area (Å²) in [5.74, 6) is 0.470. The van der Waals surface area contributed by atoms with Crippen molar-refractivity contribution in [2.75, 3.05) is 39.1 Å². The maximum Gasteiger partial charge on any atom is 0.262 e. The Morgan fingerprint density at radius 2 is 1.89 bits per heavy atom. The van der Waals surface area contributed by atoms with Gasteiger partial charge in [-0.15, -0.1) is 0 Å². The van der Waals surface area contributed by atoms with E-state index in [1.807, 2.05) is 37.3 Å². The minimum Gasteiger partial charge on any atom is -0.483 e. The van der Waals surface area contributed by atoms with Crippen molar-refractivity contribution in [3.05, 3.63) is 58.6 Å². The molecule has 27 heavy (non-hydrogen) atoms. The van der Waals surface area contributed by atoms with Crippen molar-refractivity contribution in [3.63, 3.8) is 0 Å². The summed E-state index contributed by atoms with van der Waals surface area (Å²) >= 11 is 6.11. The van der Waals surface area contributed by atoms with Gasteiger partial charge in [-0.3, -0.25) is 4.79 Å². The van der Waals surface area contributed by atoms with Crippen LogP contribution in [0.4, 0.5) is 5.69 Å². The van der Waals surface area contributed by atoms with Gasteiger partial charge in [0, 0.05) is 22.8 Å². The van der Waals surface area contributed by atoms with Gasteiger partial charge in [-0.1, -0.05) is 29.3 Å². The number of nitrogens with one attached hydrogen (secondary N) is 2. The SMILES string of the molecule is Cc1ccc(NC(=O)COc2ccc(Cl)cc2CNCCCN(C)C)cc1. The van der Waals surface area contributed by atoms with E-state index in [0.29, 0.717) is 17.3 Å². The maximum absolute atomic E-state index is 12.1. The van der Waals surface area contributed by atoms with Crippen LogP contribution >= 0.6 is 11.6 Å². The Morgan fingerprint density at radius 1 is 1.15 bits per heavy atom. The summed E-state index contributed by atoms with van der Waals surface area (Å²) in [7, 11) is 4.12. The maximum atomic E-state index is 12.1. The van der Waals surface area contributed by atoms with Crippen molar-refractivity contribution < 1.29 is 9.53 Å². The van der Waals surface area contributed by atoms with Crippen LogP contribution in [0.15, 0.2) is 42.5 Å². The first kappa shape index (κ1) is 21.2. The van der Waals surface area contributed by atoms with Crippen LogP contribution in [0.1, 0.15) is 17.5 Å². The first-order chi connectivity index (χ1) is 12.9. The normalized spacial score (nSPS) is 10.9. The molecule has 0 atom stereocenters. The summed E-state index contributed by atoms with van der Waals surface area (Å²) in [6, 6.07) is 13.1. The van der Waals surface area contributed by atoms with Gasteiger partial charge >= 0.3 is 0 Å². The van der Waals surface area contributed by atoms with Crippen molar-refractivity contribution in [1.82, 2.24) is 10.2 Å². The summed E-state index contributed by atoms with van der Waals surface area (Å²) < 4.78 is 5.73. The molecule has 2 rings (SSSR count). The zero-order valence-corrected chi connectivity index (χ0v) is 17.0. The van der Waals surface area contributed by atoms with Crippen LogP contribution in [0.5, 0.6) is 5.75 Å². The van der Waals surface area contributed by atoms with Crippen molar-refractivity contribution in [1.29, 1.82) is 0 Å². The van der Waals surface area contributed by atoms with E-state index in [1.54, 1.807) is 12.1 Å². The predicted molar refractivity (Wildman–Crippen MR) is 112 cm³/mol. The van der Waals surface area contributed by atoms with Crippen molar-refractivity contribution >= 4 is 23.2 Å². The molecule has 0 saturated carbocycles. The standard InChI is InChI=1S/C21H28ClN3O2/c1-16-5-8-19(9-6-16)24-21(26)15-27-20-10-7-18(22)13-17(20)14-23-11-4-12-25(2)3/h5-10,13,23H,4,11-12,14-15H2,1-3H3,(H,24,26). The summed E-state index contributed by atoms with van der Waals surface area (Å²) in [6.45, 7) is 4.53. The van der Waals surface area contributed by atoms with Crippen LogP contribution < -0.4 is 15.4 Å². The van der Waals surface area contributed by atoms with Crippen LogP contribution in [0.25, 0.3) is 0 Å². The Morgan fingerprint density at radius 3 is 2.59 bits per heavy atom. The molecule has 0 spiro atoms. The summed E-state index contributed by atoms with van der Waals surface area (Å²) in [6.07, 6.45) is 1.06. The second-order valence-corrected chi connectivity index (χ2v) is 7.22. The number of amides is 1. The molecule has 0 aliphatic rings. The molecule has 0 fully saturated rings. The average Bonchev–Trinajstić information content (AvgIpc) is 2.62. The highest BCUT2D eigenvalue weighted by molar-refractivity contribution is 6.30. The smallest absolute Gasteiger partial charge is 0.262 e. The van der Waals surface area contributed by atoms with Gasteiger partial charge in [-0.25, -0.2) is 0 Å². The van der Waals surface area contributed by atoms with Gasteiger partial charge < -0.3 is 20.3 Å². The van der Waals surface area contributed by atoms with Gasteiger partial charge in [0.2, 0.25) is 0 Å². The fraction of sp³-hybridized carbons (Fsp3) is 0.381. The highest BCUT2D eigenvalue weighted by Crippen LogP contribution is 2.23. The lowest BCUT2D eigenvalue weighted by Crippen LogP contribution is -2.22. The van der Waals surface area contributed by atoms with E-state index in [0.717, 1.165) is 36.3 Å². The fourth-order valence-electron chi connectivity index (χ4n) is 2.55. The van der Waals surface area contributed by atoms with E-state index >= 15 is 0 Å². The number of nitrogens with zero attached hydrogens (tertiary/aromatic N) is 1. The van der Waals surface area contributed by atoms with E-state index in [9.17, 15) is 4.79 Å². The molecule has 0 heterocycles. The van der Waals surface area contributed by atoms with Gasteiger partial charge in [-0.2, -0.15) is 0 Å². The molecule has 146 valence electrons. The number of rotatable bonds is 10. The highest BCUT2D eigenvalue weighted by atomic mass is 35.5. The molecule has 5 nitrogen and oxygen atoms in total. The first-order valence-corrected chi connectivity index (χ1v) is 9.45. The molecule has 0 bridgehead atoms. The highest BCUT2D eigenvalue weighted by Gasteiger charge is 2.08. The molecule has 6 heteroatoms. The van der Waals surface area contributed by atoms with Crippen molar-refractivity contribution in [3.8, 4) is 5.75 Å².